The van der Waals surface area contributed by atoms with Crippen LogP contribution >= 0.6 is 15.9 Å². The summed E-state index contributed by atoms with van der Waals surface area (Å²) < 4.78 is 17.5. The number of ether oxygens (including phenoxy) is 3. The van der Waals surface area contributed by atoms with Gasteiger partial charge in [-0.05, 0) is 35.7 Å². The highest BCUT2D eigenvalue weighted by atomic mass is 79.9. The van der Waals surface area contributed by atoms with Crippen molar-refractivity contribution in [3.63, 3.8) is 0 Å². The molecule has 188 valence electrons. The zero-order valence-electron chi connectivity index (χ0n) is 20.2. The third-order valence-corrected chi connectivity index (χ3v) is 5.96. The highest BCUT2D eigenvalue weighted by Crippen LogP contribution is 2.33. The van der Waals surface area contributed by atoms with Crippen molar-refractivity contribution < 1.29 is 28.6 Å². The zero-order chi connectivity index (χ0) is 25.4. The van der Waals surface area contributed by atoms with Gasteiger partial charge in [-0.25, -0.2) is 0 Å². The molecule has 8 nitrogen and oxygen atoms in total. The molecule has 0 saturated carbocycles. The number of hydrogen-bond acceptors (Lipinski definition) is 6. The van der Waals surface area contributed by atoms with Crippen molar-refractivity contribution in [3.05, 3.63) is 58.6 Å². The number of halogens is 1. The number of hydrogen-bond donors (Lipinski definition) is 1. The van der Waals surface area contributed by atoms with E-state index < -0.39 is 12.0 Å². The lowest BCUT2D eigenvalue weighted by Crippen LogP contribution is -2.58. The number of para-hydroxylation sites is 1. The molecule has 1 unspecified atom stereocenters. The Kier molecular flexibility index (Phi) is 9.14. The number of nitrogens with zero attached hydrogens (tertiary/aromatic N) is 1. The normalized spacial score (nSPS) is 15.8. The van der Waals surface area contributed by atoms with Crippen LogP contribution in [0.15, 0.2) is 53.0 Å². The fourth-order valence-corrected chi connectivity index (χ4v) is 4.06. The fourth-order valence-electron chi connectivity index (χ4n) is 3.70. The van der Waals surface area contributed by atoms with Crippen molar-refractivity contribution in [2.75, 3.05) is 32.9 Å². The molecular weight excluding hydrogens is 516 g/mol. The molecule has 1 saturated heterocycles. The number of benzene rings is 2. The SMILES string of the molecule is CC(C)(C)c1cc(Br)ccc1OCC(=O)N1CCNC(=O)C1CC(=O)OCCOc1ccccc1. The van der Waals surface area contributed by atoms with E-state index in [1.165, 1.54) is 4.90 Å². The van der Waals surface area contributed by atoms with Crippen molar-refractivity contribution in [1.82, 2.24) is 10.2 Å². The fraction of sp³-hybridized carbons (Fsp3) is 0.423. The van der Waals surface area contributed by atoms with Crippen LogP contribution in [0.1, 0.15) is 32.8 Å². The first-order valence-corrected chi connectivity index (χ1v) is 12.3. The second-order valence-electron chi connectivity index (χ2n) is 9.16. The average Bonchev–Trinajstić information content (AvgIpc) is 2.82. The van der Waals surface area contributed by atoms with E-state index >= 15 is 0 Å². The second-order valence-corrected chi connectivity index (χ2v) is 10.1. The van der Waals surface area contributed by atoms with Gasteiger partial charge in [-0.1, -0.05) is 54.9 Å². The van der Waals surface area contributed by atoms with Crippen LogP contribution in [0.2, 0.25) is 0 Å². The van der Waals surface area contributed by atoms with Gasteiger partial charge < -0.3 is 24.4 Å². The Balaban J connectivity index is 1.55. The van der Waals surface area contributed by atoms with Gasteiger partial charge in [0.15, 0.2) is 6.61 Å². The van der Waals surface area contributed by atoms with E-state index in [-0.39, 0.29) is 50.0 Å². The minimum atomic E-state index is -0.950. The van der Waals surface area contributed by atoms with Gasteiger partial charge in [-0.2, -0.15) is 0 Å². The van der Waals surface area contributed by atoms with Gasteiger partial charge in [-0.3, -0.25) is 14.4 Å². The second kappa shape index (κ2) is 12.1. The minimum absolute atomic E-state index is 0.0400. The molecule has 1 atom stereocenters. The lowest BCUT2D eigenvalue weighted by molar-refractivity contribution is -0.152. The van der Waals surface area contributed by atoms with E-state index in [1.54, 1.807) is 12.1 Å². The van der Waals surface area contributed by atoms with Crippen LogP contribution in [0.4, 0.5) is 0 Å². The third kappa shape index (κ3) is 7.71. The standard InChI is InChI=1S/C26H31BrN2O6/c1-26(2,3)20-15-18(27)9-10-22(20)35-17-23(30)29-12-11-28-25(32)21(29)16-24(31)34-14-13-33-19-7-5-4-6-8-19/h4-10,15,21H,11-14,16-17H2,1-3H3,(H,28,32). The Morgan fingerprint density at radius 3 is 2.54 bits per heavy atom. The average molecular weight is 547 g/mol. The Bertz CT molecular complexity index is 1040. The first kappa shape index (κ1) is 26.5. The molecule has 0 bridgehead atoms. The first-order valence-electron chi connectivity index (χ1n) is 11.5. The molecule has 2 amide bonds. The molecule has 3 rings (SSSR count). The topological polar surface area (TPSA) is 94.2 Å². The molecule has 0 aliphatic carbocycles. The van der Waals surface area contributed by atoms with Crippen LogP contribution in [0.5, 0.6) is 11.5 Å². The number of piperazine rings is 1. The molecule has 0 radical (unpaired) electrons. The summed E-state index contributed by atoms with van der Waals surface area (Å²) in [5, 5.41) is 2.71. The van der Waals surface area contributed by atoms with Crippen LogP contribution in [0.3, 0.4) is 0 Å². The molecule has 1 N–H and O–H groups in total. The van der Waals surface area contributed by atoms with E-state index in [9.17, 15) is 14.4 Å². The molecule has 35 heavy (non-hydrogen) atoms. The number of rotatable bonds is 9. The minimum Gasteiger partial charge on any atom is -0.490 e. The highest BCUT2D eigenvalue weighted by Gasteiger charge is 2.35. The summed E-state index contributed by atoms with van der Waals surface area (Å²) in [5.41, 5.74) is 0.762. The van der Waals surface area contributed by atoms with Gasteiger partial charge in [0, 0.05) is 23.1 Å². The van der Waals surface area contributed by atoms with E-state index in [0.29, 0.717) is 18.0 Å². The van der Waals surface area contributed by atoms with Crippen LogP contribution < -0.4 is 14.8 Å². The van der Waals surface area contributed by atoms with Crippen molar-refractivity contribution in [3.8, 4) is 11.5 Å². The molecule has 2 aromatic carbocycles. The Morgan fingerprint density at radius 2 is 1.83 bits per heavy atom. The van der Waals surface area contributed by atoms with Crippen molar-refractivity contribution in [2.24, 2.45) is 0 Å². The maximum atomic E-state index is 13.0. The van der Waals surface area contributed by atoms with Crippen molar-refractivity contribution in [2.45, 2.75) is 38.6 Å². The molecule has 1 aliphatic rings. The predicted octanol–water partition coefficient (Wildman–Crippen LogP) is 3.46. The quantitative estimate of drug-likeness (QED) is 0.382. The summed E-state index contributed by atoms with van der Waals surface area (Å²) in [4.78, 5) is 39.2. The highest BCUT2D eigenvalue weighted by molar-refractivity contribution is 9.10. The number of esters is 1. The van der Waals surface area contributed by atoms with Crippen LogP contribution in [0, 0.1) is 0 Å². The van der Waals surface area contributed by atoms with Crippen molar-refractivity contribution in [1.29, 1.82) is 0 Å². The molecular formula is C26H31BrN2O6. The van der Waals surface area contributed by atoms with E-state index in [1.807, 2.05) is 36.4 Å². The Labute approximate surface area is 214 Å². The van der Waals surface area contributed by atoms with Crippen molar-refractivity contribution >= 4 is 33.7 Å². The van der Waals surface area contributed by atoms with Gasteiger partial charge in [0.05, 0.1) is 6.42 Å². The number of nitrogens with one attached hydrogen (secondary N) is 1. The van der Waals surface area contributed by atoms with E-state index in [0.717, 1.165) is 10.0 Å². The first-order chi connectivity index (χ1) is 16.6. The monoisotopic (exact) mass is 546 g/mol. The number of carbonyl (C=O) groups excluding carboxylic acids is 3. The Morgan fingerprint density at radius 1 is 1.09 bits per heavy atom. The molecule has 1 fully saturated rings. The summed E-state index contributed by atoms with van der Waals surface area (Å²) in [6.07, 6.45) is -0.242. The van der Waals surface area contributed by atoms with E-state index in [2.05, 4.69) is 42.0 Å². The van der Waals surface area contributed by atoms with Gasteiger partial charge in [0.1, 0.15) is 30.8 Å². The van der Waals surface area contributed by atoms with Gasteiger partial charge in [-0.15, -0.1) is 0 Å². The van der Waals surface area contributed by atoms with Gasteiger partial charge >= 0.3 is 5.97 Å². The maximum absolute atomic E-state index is 13.0. The molecule has 0 aromatic heterocycles. The summed E-state index contributed by atoms with van der Waals surface area (Å²) in [6.45, 7) is 6.77. The molecule has 1 heterocycles. The maximum Gasteiger partial charge on any atom is 0.308 e. The van der Waals surface area contributed by atoms with Crippen LogP contribution in [0.25, 0.3) is 0 Å². The Hall–Kier alpha value is -3.07. The third-order valence-electron chi connectivity index (χ3n) is 5.47. The molecule has 9 heteroatoms. The lowest BCUT2D eigenvalue weighted by atomic mass is 9.86. The molecule has 2 aromatic rings. The molecule has 1 aliphatic heterocycles. The predicted molar refractivity (Wildman–Crippen MR) is 134 cm³/mol. The van der Waals surface area contributed by atoms with Crippen LogP contribution in [-0.2, 0) is 24.5 Å². The van der Waals surface area contributed by atoms with Gasteiger partial charge in [0.25, 0.3) is 5.91 Å². The summed E-state index contributed by atoms with van der Waals surface area (Å²) in [5.74, 6) is -0.0587. The van der Waals surface area contributed by atoms with Crippen LogP contribution in [-0.4, -0.2) is 61.6 Å². The lowest BCUT2D eigenvalue weighted by Gasteiger charge is -2.34. The summed E-state index contributed by atoms with van der Waals surface area (Å²) in [6, 6.07) is 13.9. The molecule has 0 spiro atoms. The summed E-state index contributed by atoms with van der Waals surface area (Å²) in [7, 11) is 0. The summed E-state index contributed by atoms with van der Waals surface area (Å²) >= 11 is 3.48. The van der Waals surface area contributed by atoms with E-state index in [4.69, 9.17) is 14.2 Å². The van der Waals surface area contributed by atoms with Gasteiger partial charge in [0.2, 0.25) is 5.91 Å². The largest absolute Gasteiger partial charge is 0.490 e. The zero-order valence-corrected chi connectivity index (χ0v) is 21.8. The number of carbonyl (C=O) groups is 3. The number of amides is 2. The smallest absolute Gasteiger partial charge is 0.308 e.